The van der Waals surface area contributed by atoms with Crippen LogP contribution in [0.5, 0.6) is 0 Å². The number of rotatable bonds is 35. The lowest BCUT2D eigenvalue weighted by atomic mass is 10.1. The summed E-state index contributed by atoms with van der Waals surface area (Å²) in [7, 11) is -4.80. The minimum Gasteiger partial charge on any atom is -0.462 e. The molecule has 0 aromatic heterocycles. The molecule has 55 heavy (non-hydrogen) atoms. The number of hydrogen-bond acceptors (Lipinski definition) is 7. The second-order valence-electron chi connectivity index (χ2n) is 13.6. The standard InChI is InChI=1S/C45H71O9P/c1-3-5-7-9-11-13-14-15-16-17-18-19-20-21-22-24-26-28-33-37-44(46)51-39-41(40-52-55(48,49)50)53-45(47)38-34-30-29-32-36-43-42(54-43)35-31-27-25-23-12-10-8-6-4-2/h11-13,15-16,18-19,21-23,26-29,31-32,41-43H,3-10,14,17,20,24-25,30,33-40H2,1-2H3,(H2,48,49,50)/b13-11-,16-15-,19-18-,22-21-,23-12-,28-26-,31-27-,32-29-/t41-,42?,43?/m1/s1. The van der Waals surface area contributed by atoms with E-state index in [0.29, 0.717) is 19.3 Å². The fraction of sp³-hybridized carbons (Fsp3) is 0.600. The number of esters is 2. The summed E-state index contributed by atoms with van der Waals surface area (Å²) in [6.45, 7) is 3.49. The van der Waals surface area contributed by atoms with Crippen LogP contribution in [-0.2, 0) is 32.9 Å². The van der Waals surface area contributed by atoms with Crippen molar-refractivity contribution in [3.63, 3.8) is 0 Å². The van der Waals surface area contributed by atoms with Gasteiger partial charge in [-0.2, -0.15) is 0 Å². The zero-order valence-corrected chi connectivity index (χ0v) is 34.6. The number of phosphoric acid groups is 1. The Morgan fingerprint density at radius 1 is 0.564 bits per heavy atom. The molecule has 0 saturated carbocycles. The Labute approximate surface area is 332 Å². The summed E-state index contributed by atoms with van der Waals surface area (Å²) < 4.78 is 32.0. The van der Waals surface area contributed by atoms with Crippen LogP contribution in [0, 0.1) is 0 Å². The van der Waals surface area contributed by atoms with Crippen molar-refractivity contribution in [2.24, 2.45) is 0 Å². The maximum Gasteiger partial charge on any atom is 0.469 e. The maximum absolute atomic E-state index is 12.4. The summed E-state index contributed by atoms with van der Waals surface area (Å²) in [5.74, 6) is -1.07. The second kappa shape index (κ2) is 35.4. The lowest BCUT2D eigenvalue weighted by Gasteiger charge is -2.18. The molecule has 310 valence electrons. The molecule has 1 rings (SSSR count). The molecule has 1 heterocycles. The fourth-order valence-corrected chi connectivity index (χ4v) is 5.63. The van der Waals surface area contributed by atoms with Crippen LogP contribution in [0.3, 0.4) is 0 Å². The first-order chi connectivity index (χ1) is 26.7. The fourth-order valence-electron chi connectivity index (χ4n) is 5.27. The quantitative estimate of drug-likeness (QED) is 0.0212. The SMILES string of the molecule is CCCCC/C=C\C/C=C\C/C=C\C/C=C\C/C=C\CCC(=O)OC[C@H](COP(=O)(O)O)OC(=O)CCC/C=C\CC1OC1C/C=C\C/C=C\CCCCC. The van der Waals surface area contributed by atoms with Gasteiger partial charge in [-0.3, -0.25) is 14.1 Å². The van der Waals surface area contributed by atoms with Crippen molar-refractivity contribution in [3.8, 4) is 0 Å². The second-order valence-corrected chi connectivity index (χ2v) is 14.9. The number of epoxide rings is 1. The van der Waals surface area contributed by atoms with E-state index in [1.165, 1.54) is 44.9 Å². The normalized spacial score (nSPS) is 17.2. The lowest BCUT2D eigenvalue weighted by Crippen LogP contribution is -2.29. The van der Waals surface area contributed by atoms with Crippen molar-refractivity contribution < 1.29 is 42.7 Å². The zero-order chi connectivity index (χ0) is 40.1. The smallest absolute Gasteiger partial charge is 0.462 e. The average Bonchev–Trinajstić information content (AvgIpc) is 3.91. The molecule has 0 aliphatic carbocycles. The number of carbonyl (C=O) groups is 2. The van der Waals surface area contributed by atoms with Gasteiger partial charge in [0.1, 0.15) is 6.61 Å². The van der Waals surface area contributed by atoms with E-state index in [0.717, 1.165) is 51.4 Å². The van der Waals surface area contributed by atoms with E-state index in [9.17, 15) is 14.2 Å². The highest BCUT2D eigenvalue weighted by molar-refractivity contribution is 7.46. The average molecular weight is 787 g/mol. The van der Waals surface area contributed by atoms with Crippen LogP contribution in [-0.4, -0.2) is 53.3 Å². The molecule has 3 atom stereocenters. The molecule has 0 bridgehead atoms. The van der Waals surface area contributed by atoms with Crippen LogP contribution in [0.15, 0.2) is 97.2 Å². The van der Waals surface area contributed by atoms with E-state index in [1.807, 2.05) is 18.2 Å². The minimum atomic E-state index is -4.80. The van der Waals surface area contributed by atoms with Gasteiger partial charge in [-0.05, 0) is 89.9 Å². The van der Waals surface area contributed by atoms with E-state index in [2.05, 4.69) is 97.4 Å². The summed E-state index contributed by atoms with van der Waals surface area (Å²) in [6.07, 6.45) is 51.7. The topological polar surface area (TPSA) is 132 Å². The van der Waals surface area contributed by atoms with Crippen molar-refractivity contribution in [2.45, 2.75) is 161 Å². The van der Waals surface area contributed by atoms with Crippen LogP contribution in [0.4, 0.5) is 0 Å². The molecule has 1 aliphatic rings. The van der Waals surface area contributed by atoms with Gasteiger partial charge in [0.25, 0.3) is 0 Å². The number of carbonyl (C=O) groups excluding carboxylic acids is 2. The van der Waals surface area contributed by atoms with Crippen LogP contribution >= 0.6 is 7.82 Å². The van der Waals surface area contributed by atoms with Gasteiger partial charge in [-0.15, -0.1) is 0 Å². The van der Waals surface area contributed by atoms with Crippen LogP contribution in [0.25, 0.3) is 0 Å². The molecular weight excluding hydrogens is 715 g/mol. The predicted molar refractivity (Wildman–Crippen MR) is 224 cm³/mol. The molecule has 0 aromatic carbocycles. The predicted octanol–water partition coefficient (Wildman–Crippen LogP) is 11.6. The van der Waals surface area contributed by atoms with Crippen molar-refractivity contribution in [2.75, 3.05) is 13.2 Å². The third-order valence-corrected chi connectivity index (χ3v) is 8.98. The molecule has 0 radical (unpaired) electrons. The molecule has 1 aliphatic heterocycles. The Morgan fingerprint density at radius 3 is 1.51 bits per heavy atom. The van der Waals surface area contributed by atoms with E-state index in [4.69, 9.17) is 24.0 Å². The van der Waals surface area contributed by atoms with Crippen molar-refractivity contribution in [1.82, 2.24) is 0 Å². The number of allylic oxidation sites excluding steroid dienone is 14. The summed E-state index contributed by atoms with van der Waals surface area (Å²) in [5.41, 5.74) is 0. The van der Waals surface area contributed by atoms with Crippen LogP contribution in [0.1, 0.15) is 142 Å². The van der Waals surface area contributed by atoms with E-state index in [1.54, 1.807) is 0 Å². The molecule has 2 unspecified atom stereocenters. The maximum atomic E-state index is 12.4. The molecule has 0 spiro atoms. The van der Waals surface area contributed by atoms with E-state index in [-0.39, 0.29) is 31.7 Å². The summed E-state index contributed by atoms with van der Waals surface area (Å²) in [5, 5.41) is 0. The van der Waals surface area contributed by atoms with Gasteiger partial charge in [-0.25, -0.2) is 4.57 Å². The Hall–Kier alpha value is -3.07. The molecule has 10 heteroatoms. The lowest BCUT2D eigenvalue weighted by molar-refractivity contribution is -0.161. The van der Waals surface area contributed by atoms with E-state index < -0.39 is 32.5 Å². The van der Waals surface area contributed by atoms with Crippen molar-refractivity contribution in [1.29, 1.82) is 0 Å². The molecule has 1 saturated heterocycles. The molecule has 0 aromatic rings. The number of unbranched alkanes of at least 4 members (excludes halogenated alkanes) is 7. The van der Waals surface area contributed by atoms with Gasteiger partial charge in [0, 0.05) is 12.8 Å². The minimum absolute atomic E-state index is 0.106. The van der Waals surface area contributed by atoms with Gasteiger partial charge in [0.2, 0.25) is 0 Å². The van der Waals surface area contributed by atoms with E-state index >= 15 is 0 Å². The van der Waals surface area contributed by atoms with Gasteiger partial charge < -0.3 is 24.0 Å². The molecule has 2 N–H and O–H groups in total. The first-order valence-corrected chi connectivity index (χ1v) is 22.2. The highest BCUT2D eigenvalue weighted by atomic mass is 31.2. The Balaban J connectivity index is 2.19. The highest BCUT2D eigenvalue weighted by Gasteiger charge is 2.36. The third-order valence-electron chi connectivity index (χ3n) is 8.49. The van der Waals surface area contributed by atoms with Crippen LogP contribution in [0.2, 0.25) is 0 Å². The van der Waals surface area contributed by atoms with Gasteiger partial charge in [0.05, 0.1) is 18.8 Å². The van der Waals surface area contributed by atoms with Crippen molar-refractivity contribution >= 4 is 19.8 Å². The summed E-state index contributed by atoms with van der Waals surface area (Å²) >= 11 is 0. The van der Waals surface area contributed by atoms with Crippen LogP contribution < -0.4 is 0 Å². The first kappa shape index (κ1) is 49.9. The Morgan fingerprint density at radius 2 is 1.00 bits per heavy atom. The highest BCUT2D eigenvalue weighted by Crippen LogP contribution is 2.36. The summed E-state index contributed by atoms with van der Waals surface area (Å²) in [4.78, 5) is 42.8. The molecular formula is C45H71O9P. The monoisotopic (exact) mass is 786 g/mol. The largest absolute Gasteiger partial charge is 0.469 e. The number of hydrogen-bond donors (Lipinski definition) is 2. The number of phosphoric ester groups is 1. The Bertz CT molecular complexity index is 1270. The third kappa shape index (κ3) is 35.1. The van der Waals surface area contributed by atoms with Crippen molar-refractivity contribution in [3.05, 3.63) is 97.2 Å². The van der Waals surface area contributed by atoms with Gasteiger partial charge >= 0.3 is 19.8 Å². The zero-order valence-electron chi connectivity index (χ0n) is 33.7. The Kier molecular flexibility index (Phi) is 32.1. The molecule has 9 nitrogen and oxygen atoms in total. The molecule has 1 fully saturated rings. The van der Waals surface area contributed by atoms with Gasteiger partial charge in [-0.1, -0.05) is 137 Å². The summed E-state index contributed by atoms with van der Waals surface area (Å²) in [6, 6.07) is 0. The molecule has 0 amide bonds. The van der Waals surface area contributed by atoms with Gasteiger partial charge in [0.15, 0.2) is 6.10 Å². The number of ether oxygens (including phenoxy) is 3. The first-order valence-electron chi connectivity index (χ1n) is 20.7.